The highest BCUT2D eigenvalue weighted by Gasteiger charge is 2.49. The third-order valence-electron chi connectivity index (χ3n) is 4.42. The maximum atomic E-state index is 12.4. The van der Waals surface area contributed by atoms with Crippen molar-refractivity contribution < 1.29 is 9.53 Å². The fourth-order valence-corrected chi connectivity index (χ4v) is 3.18. The average Bonchev–Trinajstić information content (AvgIpc) is 2.37. The zero-order valence-corrected chi connectivity index (χ0v) is 13.9. The lowest BCUT2D eigenvalue weighted by atomic mass is 9.64. The number of nitrogens with one attached hydrogen (secondary N) is 1. The highest BCUT2D eigenvalue weighted by molar-refractivity contribution is 9.10. The Morgan fingerprint density at radius 2 is 2.15 bits per heavy atom. The number of benzene rings is 1. The first-order valence-electron chi connectivity index (χ1n) is 6.66. The van der Waals surface area contributed by atoms with Gasteiger partial charge in [0.05, 0.1) is 6.10 Å². The number of nitrogen functional groups attached to an aromatic ring is 1. The first kappa shape index (κ1) is 15.3. The first-order chi connectivity index (χ1) is 9.27. The Kier molecular flexibility index (Phi) is 4.12. The van der Waals surface area contributed by atoms with Crippen LogP contribution in [0, 0.1) is 12.3 Å². The van der Waals surface area contributed by atoms with Gasteiger partial charge in [-0.3, -0.25) is 4.79 Å². The molecule has 1 fully saturated rings. The molecule has 1 amide bonds. The minimum atomic E-state index is -0.0804. The van der Waals surface area contributed by atoms with E-state index >= 15 is 0 Å². The number of hydrogen-bond acceptors (Lipinski definition) is 3. The van der Waals surface area contributed by atoms with E-state index in [0.717, 1.165) is 16.5 Å². The van der Waals surface area contributed by atoms with Crippen LogP contribution < -0.4 is 11.1 Å². The van der Waals surface area contributed by atoms with E-state index in [2.05, 4.69) is 35.1 Å². The fraction of sp³-hybridized carbons (Fsp3) is 0.533. The number of carbonyl (C=O) groups is 1. The number of halogens is 1. The largest absolute Gasteiger partial charge is 0.398 e. The third-order valence-corrected chi connectivity index (χ3v) is 4.88. The highest BCUT2D eigenvalue weighted by Crippen LogP contribution is 2.42. The maximum Gasteiger partial charge on any atom is 0.251 e. The molecule has 20 heavy (non-hydrogen) atoms. The zero-order valence-electron chi connectivity index (χ0n) is 12.3. The number of hydrogen-bond donors (Lipinski definition) is 2. The summed E-state index contributed by atoms with van der Waals surface area (Å²) in [4.78, 5) is 12.4. The molecule has 110 valence electrons. The predicted molar refractivity (Wildman–Crippen MR) is 83.7 cm³/mol. The molecule has 0 heterocycles. The van der Waals surface area contributed by atoms with Crippen molar-refractivity contribution in [2.75, 3.05) is 12.8 Å². The SMILES string of the molecule is COC1CC(NC(=O)c2cc(Br)cc(N)c2C)C1(C)C. The van der Waals surface area contributed by atoms with E-state index < -0.39 is 0 Å². The lowest BCUT2D eigenvalue weighted by Crippen LogP contribution is -2.61. The van der Waals surface area contributed by atoms with Crippen molar-refractivity contribution in [3.8, 4) is 0 Å². The Morgan fingerprint density at radius 1 is 1.50 bits per heavy atom. The van der Waals surface area contributed by atoms with Crippen molar-refractivity contribution in [1.82, 2.24) is 5.32 Å². The molecule has 0 radical (unpaired) electrons. The molecule has 1 aliphatic carbocycles. The molecule has 1 aromatic carbocycles. The molecule has 0 aromatic heterocycles. The minimum Gasteiger partial charge on any atom is -0.398 e. The van der Waals surface area contributed by atoms with Crippen molar-refractivity contribution in [2.24, 2.45) is 5.41 Å². The number of rotatable bonds is 3. The van der Waals surface area contributed by atoms with Crippen LogP contribution >= 0.6 is 15.9 Å². The summed E-state index contributed by atoms with van der Waals surface area (Å²) >= 11 is 3.38. The number of amides is 1. The van der Waals surface area contributed by atoms with E-state index in [1.54, 1.807) is 19.2 Å². The molecule has 0 saturated heterocycles. The number of anilines is 1. The van der Waals surface area contributed by atoms with Gasteiger partial charge in [-0.1, -0.05) is 29.8 Å². The van der Waals surface area contributed by atoms with Gasteiger partial charge in [-0.15, -0.1) is 0 Å². The topological polar surface area (TPSA) is 64.3 Å². The summed E-state index contributed by atoms with van der Waals surface area (Å²) in [6.07, 6.45) is 1.04. The lowest BCUT2D eigenvalue weighted by molar-refractivity contribution is -0.0942. The Labute approximate surface area is 128 Å². The smallest absolute Gasteiger partial charge is 0.251 e. The predicted octanol–water partition coefficient (Wildman–Crippen LogP) is 2.88. The van der Waals surface area contributed by atoms with Crippen LogP contribution in [0.4, 0.5) is 5.69 Å². The normalized spacial score (nSPS) is 24.1. The standard InChI is InChI=1S/C15H21BrN2O2/c1-8-10(5-9(16)6-11(8)17)14(19)18-12-7-13(20-4)15(12,2)3/h5-6,12-13H,7,17H2,1-4H3,(H,18,19). The van der Waals surface area contributed by atoms with Crippen LogP contribution in [0.25, 0.3) is 0 Å². The van der Waals surface area contributed by atoms with Crippen molar-refractivity contribution in [3.63, 3.8) is 0 Å². The van der Waals surface area contributed by atoms with Crippen LogP contribution in [0.15, 0.2) is 16.6 Å². The van der Waals surface area contributed by atoms with E-state index in [4.69, 9.17) is 10.5 Å². The summed E-state index contributed by atoms with van der Waals surface area (Å²) in [6, 6.07) is 3.74. The number of methoxy groups -OCH3 is 1. The third kappa shape index (κ3) is 2.56. The summed E-state index contributed by atoms with van der Waals surface area (Å²) in [5.74, 6) is -0.0804. The van der Waals surface area contributed by atoms with Crippen molar-refractivity contribution in [3.05, 3.63) is 27.7 Å². The van der Waals surface area contributed by atoms with E-state index in [9.17, 15) is 4.79 Å². The Balaban J connectivity index is 2.15. The summed E-state index contributed by atoms with van der Waals surface area (Å²) in [7, 11) is 1.71. The van der Waals surface area contributed by atoms with Gasteiger partial charge in [0, 0.05) is 34.3 Å². The van der Waals surface area contributed by atoms with Gasteiger partial charge in [0.25, 0.3) is 5.91 Å². The summed E-state index contributed by atoms with van der Waals surface area (Å²) in [5, 5.41) is 3.09. The first-order valence-corrected chi connectivity index (χ1v) is 7.46. The van der Waals surface area contributed by atoms with Crippen LogP contribution in [-0.4, -0.2) is 25.2 Å². The summed E-state index contributed by atoms with van der Waals surface area (Å²) in [6.45, 7) is 6.08. The quantitative estimate of drug-likeness (QED) is 0.831. The van der Waals surface area contributed by atoms with E-state index in [1.807, 2.05) is 6.92 Å². The van der Waals surface area contributed by atoms with E-state index in [1.165, 1.54) is 0 Å². The van der Waals surface area contributed by atoms with E-state index in [0.29, 0.717) is 11.3 Å². The molecule has 1 saturated carbocycles. The highest BCUT2D eigenvalue weighted by atomic mass is 79.9. The maximum absolute atomic E-state index is 12.4. The Hall–Kier alpha value is -1.07. The molecule has 2 unspecified atom stereocenters. The average molecular weight is 341 g/mol. The summed E-state index contributed by atoms with van der Waals surface area (Å²) < 4.78 is 6.22. The fourth-order valence-electron chi connectivity index (χ4n) is 2.70. The van der Waals surface area contributed by atoms with Gasteiger partial charge >= 0.3 is 0 Å². The minimum absolute atomic E-state index is 0.0458. The molecule has 1 aliphatic rings. The molecule has 4 nitrogen and oxygen atoms in total. The Morgan fingerprint density at radius 3 is 2.70 bits per heavy atom. The second-order valence-corrected chi connectivity index (χ2v) is 6.89. The molecule has 5 heteroatoms. The lowest BCUT2D eigenvalue weighted by Gasteiger charge is -2.51. The Bertz CT molecular complexity index is 543. The van der Waals surface area contributed by atoms with Crippen molar-refractivity contribution >= 4 is 27.5 Å². The van der Waals surface area contributed by atoms with Crippen LogP contribution in [-0.2, 0) is 4.74 Å². The van der Waals surface area contributed by atoms with Gasteiger partial charge in [-0.2, -0.15) is 0 Å². The second kappa shape index (κ2) is 5.37. The van der Waals surface area contributed by atoms with Crippen molar-refractivity contribution in [2.45, 2.75) is 39.3 Å². The molecule has 2 rings (SSSR count). The second-order valence-electron chi connectivity index (χ2n) is 5.98. The van der Waals surface area contributed by atoms with Crippen LogP contribution in [0.2, 0.25) is 0 Å². The molecule has 2 atom stereocenters. The van der Waals surface area contributed by atoms with Gasteiger partial charge < -0.3 is 15.8 Å². The molecule has 1 aromatic rings. The molecule has 3 N–H and O–H groups in total. The van der Waals surface area contributed by atoms with Gasteiger partial charge in [-0.25, -0.2) is 0 Å². The molecular formula is C15H21BrN2O2. The van der Waals surface area contributed by atoms with Gasteiger partial charge in [0.15, 0.2) is 0 Å². The van der Waals surface area contributed by atoms with Gasteiger partial charge in [0.2, 0.25) is 0 Å². The molecular weight excluding hydrogens is 320 g/mol. The van der Waals surface area contributed by atoms with Gasteiger partial charge in [0.1, 0.15) is 0 Å². The van der Waals surface area contributed by atoms with Crippen molar-refractivity contribution in [1.29, 1.82) is 0 Å². The van der Waals surface area contributed by atoms with Crippen LogP contribution in [0.3, 0.4) is 0 Å². The molecule has 0 bridgehead atoms. The van der Waals surface area contributed by atoms with E-state index in [-0.39, 0.29) is 23.5 Å². The number of ether oxygens (including phenoxy) is 1. The monoisotopic (exact) mass is 340 g/mol. The van der Waals surface area contributed by atoms with Crippen LogP contribution in [0.1, 0.15) is 36.2 Å². The number of nitrogens with two attached hydrogens (primary N) is 1. The molecule has 0 spiro atoms. The van der Waals surface area contributed by atoms with Gasteiger partial charge in [-0.05, 0) is 31.0 Å². The van der Waals surface area contributed by atoms with Crippen LogP contribution in [0.5, 0.6) is 0 Å². The zero-order chi connectivity index (χ0) is 15.1. The summed E-state index contributed by atoms with van der Waals surface area (Å²) in [5.41, 5.74) is 7.91. The number of carbonyl (C=O) groups excluding carboxylic acids is 1. The molecule has 0 aliphatic heterocycles.